The van der Waals surface area contributed by atoms with E-state index in [1.807, 2.05) is 18.2 Å². The standard InChI is InChI=1S/C25H33ClN2O3/c1-16-6-7-21-19(22(29)30-25(21)20(16)8-9-24(2)23(25)31-24)15-27-10-12-28(13-11-27)18-5-3-4-17(26)14-18/h3-5,14,16,19-21,23H,6-13,15H2,1-2H3/t16-,19+,20-,21+,23+,24-,25+/m1/s1. The Balaban J connectivity index is 1.17. The van der Waals surface area contributed by atoms with Crippen molar-refractivity contribution in [2.24, 2.45) is 23.7 Å². The van der Waals surface area contributed by atoms with E-state index < -0.39 is 0 Å². The topological polar surface area (TPSA) is 45.3 Å². The van der Waals surface area contributed by atoms with Crippen molar-refractivity contribution in [3.8, 4) is 0 Å². The Kier molecular flexibility index (Phi) is 4.65. The van der Waals surface area contributed by atoms with Crippen molar-refractivity contribution in [1.82, 2.24) is 4.90 Å². The van der Waals surface area contributed by atoms with Crippen molar-refractivity contribution in [2.45, 2.75) is 56.8 Å². The van der Waals surface area contributed by atoms with Crippen LogP contribution in [0.1, 0.15) is 39.5 Å². The van der Waals surface area contributed by atoms with E-state index in [4.69, 9.17) is 21.1 Å². The SMILES string of the molecule is C[C@@H]1CC[C@H]2[C@H](CN3CCN(c4cccc(Cl)c4)CC3)C(=O)O[C@@]23[C@@H]1CC[C@@]1(C)O[C@H]31. The first-order valence-electron chi connectivity index (χ1n) is 12.0. The fourth-order valence-electron chi connectivity index (χ4n) is 7.40. The molecule has 3 saturated heterocycles. The van der Waals surface area contributed by atoms with E-state index in [0.29, 0.717) is 17.8 Å². The maximum absolute atomic E-state index is 13.2. The van der Waals surface area contributed by atoms with Crippen LogP contribution in [0.15, 0.2) is 24.3 Å². The summed E-state index contributed by atoms with van der Waals surface area (Å²) in [5.41, 5.74) is 0.751. The molecule has 0 radical (unpaired) electrons. The first-order valence-corrected chi connectivity index (χ1v) is 12.4. The minimum Gasteiger partial charge on any atom is -0.455 e. The number of rotatable bonds is 3. The molecule has 1 aromatic carbocycles. The summed E-state index contributed by atoms with van der Waals surface area (Å²) in [7, 11) is 0. The van der Waals surface area contributed by atoms with E-state index in [-0.39, 0.29) is 29.2 Å². The maximum atomic E-state index is 13.2. The zero-order valence-corrected chi connectivity index (χ0v) is 19.3. The van der Waals surface area contributed by atoms with Crippen LogP contribution < -0.4 is 4.90 Å². The normalized spacial score (nSPS) is 44.3. The van der Waals surface area contributed by atoms with Crippen molar-refractivity contribution in [3.05, 3.63) is 29.3 Å². The van der Waals surface area contributed by atoms with Gasteiger partial charge in [-0.15, -0.1) is 0 Å². The highest BCUT2D eigenvalue weighted by Gasteiger charge is 2.77. The maximum Gasteiger partial charge on any atom is 0.311 e. The first-order chi connectivity index (χ1) is 14.9. The fourth-order valence-corrected chi connectivity index (χ4v) is 7.59. The van der Waals surface area contributed by atoms with Crippen molar-refractivity contribution < 1.29 is 14.3 Å². The molecule has 2 aliphatic carbocycles. The van der Waals surface area contributed by atoms with Gasteiger partial charge in [0.05, 0.1) is 11.5 Å². The lowest BCUT2D eigenvalue weighted by Gasteiger charge is -2.50. The second-order valence-electron chi connectivity index (χ2n) is 10.8. The smallest absolute Gasteiger partial charge is 0.311 e. The Morgan fingerprint density at radius 1 is 1.13 bits per heavy atom. The van der Waals surface area contributed by atoms with Gasteiger partial charge in [0.25, 0.3) is 0 Å². The molecule has 3 aliphatic heterocycles. The van der Waals surface area contributed by atoms with Gasteiger partial charge in [0.1, 0.15) is 11.7 Å². The van der Waals surface area contributed by atoms with Gasteiger partial charge in [-0.05, 0) is 56.7 Å². The number of carbonyl (C=O) groups is 1. The molecule has 31 heavy (non-hydrogen) atoms. The summed E-state index contributed by atoms with van der Waals surface area (Å²) in [4.78, 5) is 18.1. The van der Waals surface area contributed by atoms with E-state index in [9.17, 15) is 4.79 Å². The average molecular weight is 445 g/mol. The molecule has 7 atom stereocenters. The molecule has 0 unspecified atom stereocenters. The lowest BCUT2D eigenvalue weighted by Crippen LogP contribution is -2.58. The van der Waals surface area contributed by atoms with Gasteiger partial charge in [-0.25, -0.2) is 0 Å². The van der Waals surface area contributed by atoms with Gasteiger partial charge in [0.15, 0.2) is 0 Å². The summed E-state index contributed by atoms with van der Waals surface area (Å²) in [6.45, 7) is 9.24. The molecule has 1 spiro atoms. The van der Waals surface area contributed by atoms with E-state index in [1.54, 1.807) is 0 Å². The number of hydrogen-bond donors (Lipinski definition) is 0. The number of hydrogen-bond acceptors (Lipinski definition) is 5. The van der Waals surface area contributed by atoms with Crippen molar-refractivity contribution in [1.29, 1.82) is 0 Å². The van der Waals surface area contributed by atoms with Crippen LogP contribution in [0, 0.1) is 23.7 Å². The van der Waals surface area contributed by atoms with Crippen LogP contribution in [0.2, 0.25) is 5.02 Å². The Labute approximate surface area is 190 Å². The largest absolute Gasteiger partial charge is 0.455 e. The van der Waals surface area contributed by atoms with Gasteiger partial charge >= 0.3 is 5.97 Å². The summed E-state index contributed by atoms with van der Waals surface area (Å²) >= 11 is 6.18. The number of ether oxygens (including phenoxy) is 2. The number of piperazine rings is 1. The molecule has 5 aliphatic rings. The van der Waals surface area contributed by atoms with E-state index in [0.717, 1.165) is 57.0 Å². The van der Waals surface area contributed by atoms with Crippen LogP contribution in [0.4, 0.5) is 5.69 Å². The fraction of sp³-hybridized carbons (Fsp3) is 0.720. The average Bonchev–Trinajstić information content (AvgIpc) is 3.38. The highest BCUT2D eigenvalue weighted by atomic mass is 35.5. The number of esters is 1. The number of epoxide rings is 1. The third kappa shape index (κ3) is 3.07. The van der Waals surface area contributed by atoms with Crippen molar-refractivity contribution in [3.63, 3.8) is 0 Å². The van der Waals surface area contributed by atoms with Gasteiger partial charge in [0.2, 0.25) is 0 Å². The van der Waals surface area contributed by atoms with Crippen LogP contribution in [-0.2, 0) is 14.3 Å². The molecule has 0 amide bonds. The molecule has 6 rings (SSSR count). The zero-order chi connectivity index (χ0) is 21.4. The van der Waals surface area contributed by atoms with E-state index in [1.165, 1.54) is 12.1 Å². The van der Waals surface area contributed by atoms with Crippen molar-refractivity contribution >= 4 is 23.3 Å². The van der Waals surface area contributed by atoms with Crippen LogP contribution >= 0.6 is 11.6 Å². The number of halogens is 1. The van der Waals surface area contributed by atoms with E-state index >= 15 is 0 Å². The van der Waals surface area contributed by atoms with Crippen LogP contribution in [0.5, 0.6) is 0 Å². The third-order valence-electron chi connectivity index (χ3n) is 9.09. The van der Waals surface area contributed by atoms with Crippen molar-refractivity contribution in [2.75, 3.05) is 37.6 Å². The molecule has 5 nitrogen and oxygen atoms in total. The minimum atomic E-state index is -0.366. The number of benzene rings is 1. The highest BCUT2D eigenvalue weighted by molar-refractivity contribution is 6.30. The number of fused-ring (bicyclic) bond motifs is 1. The molecular formula is C25H33ClN2O3. The minimum absolute atomic E-state index is 0.0146. The summed E-state index contributed by atoms with van der Waals surface area (Å²) in [6.07, 6.45) is 4.64. The molecule has 0 N–H and O–H groups in total. The molecule has 5 fully saturated rings. The van der Waals surface area contributed by atoms with Crippen LogP contribution in [-0.4, -0.2) is 60.9 Å². The van der Waals surface area contributed by atoms with E-state index in [2.05, 4.69) is 29.7 Å². The molecule has 3 heterocycles. The Bertz CT molecular complexity index is 887. The second kappa shape index (κ2) is 7.10. The Hall–Kier alpha value is -1.30. The first kappa shape index (κ1) is 20.3. The lowest BCUT2D eigenvalue weighted by atomic mass is 9.55. The highest BCUT2D eigenvalue weighted by Crippen LogP contribution is 2.66. The van der Waals surface area contributed by atoms with Gasteiger partial charge in [0, 0.05) is 55.3 Å². The zero-order valence-electron chi connectivity index (χ0n) is 18.6. The van der Waals surface area contributed by atoms with Gasteiger partial charge < -0.3 is 14.4 Å². The number of carbonyl (C=O) groups excluding carboxylic acids is 1. The number of anilines is 1. The predicted octanol–water partition coefficient (Wildman–Crippen LogP) is 3.99. The van der Waals surface area contributed by atoms with Crippen LogP contribution in [0.25, 0.3) is 0 Å². The summed E-state index contributed by atoms with van der Waals surface area (Å²) < 4.78 is 12.6. The lowest BCUT2D eigenvalue weighted by molar-refractivity contribution is -0.168. The molecule has 1 aromatic rings. The summed E-state index contributed by atoms with van der Waals surface area (Å²) in [6, 6.07) is 8.09. The second-order valence-corrected chi connectivity index (χ2v) is 11.2. The monoisotopic (exact) mass is 444 g/mol. The number of nitrogens with zero attached hydrogens (tertiary/aromatic N) is 2. The Morgan fingerprint density at radius 2 is 1.94 bits per heavy atom. The van der Waals surface area contributed by atoms with Gasteiger partial charge in [-0.3, -0.25) is 9.69 Å². The third-order valence-corrected chi connectivity index (χ3v) is 9.33. The molecular weight excluding hydrogens is 412 g/mol. The van der Waals surface area contributed by atoms with Gasteiger partial charge in [-0.2, -0.15) is 0 Å². The summed E-state index contributed by atoms with van der Waals surface area (Å²) in [5.74, 6) is 1.39. The summed E-state index contributed by atoms with van der Waals surface area (Å²) in [5, 5.41) is 0.779. The molecule has 6 heteroatoms. The predicted molar refractivity (Wildman–Crippen MR) is 120 cm³/mol. The molecule has 0 aromatic heterocycles. The molecule has 168 valence electrons. The van der Waals surface area contributed by atoms with Gasteiger partial charge in [-0.1, -0.05) is 24.6 Å². The quantitative estimate of drug-likeness (QED) is 0.521. The molecule has 2 saturated carbocycles. The molecule has 0 bridgehead atoms. The van der Waals surface area contributed by atoms with Crippen LogP contribution in [0.3, 0.4) is 0 Å². The Morgan fingerprint density at radius 3 is 2.71 bits per heavy atom.